The van der Waals surface area contributed by atoms with Gasteiger partial charge in [0.15, 0.2) is 23.1 Å². The van der Waals surface area contributed by atoms with Crippen LogP contribution >= 0.6 is 11.6 Å². The quantitative estimate of drug-likeness (QED) is 0.0930. The lowest BCUT2D eigenvalue weighted by Crippen LogP contribution is -2.36. The summed E-state index contributed by atoms with van der Waals surface area (Å²) in [4.78, 5) is 86.0. The average molecular weight is 655 g/mol. The van der Waals surface area contributed by atoms with Gasteiger partial charge in [-0.1, -0.05) is 17.7 Å². The Hall–Kier alpha value is -6.15. The van der Waals surface area contributed by atoms with E-state index in [1.807, 2.05) is 0 Å². The number of carbonyl (C=O) groups excluding carboxylic acids is 5. The van der Waals surface area contributed by atoms with E-state index in [4.69, 9.17) is 16.3 Å². The summed E-state index contributed by atoms with van der Waals surface area (Å²) in [7, 11) is 1.12. The summed E-state index contributed by atoms with van der Waals surface area (Å²) in [6, 6.07) is 4.36. The molecule has 0 bridgehead atoms. The minimum Gasteiger partial charge on any atom is -0.507 e. The van der Waals surface area contributed by atoms with Gasteiger partial charge in [0.05, 0.1) is 57.2 Å². The van der Waals surface area contributed by atoms with Crippen molar-refractivity contribution in [1.29, 1.82) is 0 Å². The molecule has 0 saturated carbocycles. The van der Waals surface area contributed by atoms with Crippen molar-refractivity contribution < 1.29 is 44.0 Å². The van der Waals surface area contributed by atoms with Gasteiger partial charge in [-0.05, 0) is 35.9 Å². The van der Waals surface area contributed by atoms with Crippen LogP contribution in [-0.4, -0.2) is 67.7 Å². The van der Waals surface area contributed by atoms with Crippen LogP contribution in [0, 0.1) is 0 Å². The Morgan fingerprint density at radius 1 is 1.04 bits per heavy atom. The van der Waals surface area contributed by atoms with Crippen molar-refractivity contribution in [1.82, 2.24) is 15.4 Å². The van der Waals surface area contributed by atoms with E-state index in [1.165, 1.54) is 30.6 Å². The number of phenolic OH excluding ortho intramolecular Hbond substituents is 3. The van der Waals surface area contributed by atoms with E-state index in [0.717, 1.165) is 19.4 Å². The molecule has 234 valence electrons. The van der Waals surface area contributed by atoms with Crippen LogP contribution in [0.2, 0.25) is 5.02 Å². The third kappa shape index (κ3) is 3.91. The molecule has 0 saturated heterocycles. The van der Waals surface area contributed by atoms with Gasteiger partial charge in [0.1, 0.15) is 22.7 Å². The van der Waals surface area contributed by atoms with Crippen LogP contribution in [0.1, 0.15) is 75.0 Å². The molecule has 0 aliphatic heterocycles. The number of aromatic amines is 1. The number of ketones is 4. The highest BCUT2D eigenvalue weighted by molar-refractivity contribution is 6.39. The minimum atomic E-state index is -2.16. The van der Waals surface area contributed by atoms with Crippen molar-refractivity contribution in [2.75, 3.05) is 7.11 Å². The van der Waals surface area contributed by atoms with E-state index in [1.54, 1.807) is 0 Å². The summed E-state index contributed by atoms with van der Waals surface area (Å²) in [6.07, 6.45) is 4.48. The standard InChI is InChI=1S/C32H19ClN4O10/c1-47-17-8-16(38)19-20(24(17)39)26(41)22-21(25(19)40)28(43)32(29(22)44)4-2-11-6-12-7-13(36-31(46)18(12)27(42)23(11)32)9-35-37-30(45)14-3-5-34-10-15(14)33/h3,5-10,40-42H,2,4H2,1H3,(H,36,46)(H,37,45)/t32-/m0/s1. The fourth-order valence-corrected chi connectivity index (χ4v) is 6.81. The minimum absolute atomic E-state index is 0.0672. The Balaban J connectivity index is 1.31. The Labute approximate surface area is 267 Å². The number of Topliss-reactive ketones (excluding diaryl/α,β-unsaturated/α-hetero) is 3. The first-order chi connectivity index (χ1) is 22.4. The summed E-state index contributed by atoms with van der Waals surface area (Å²) in [6.45, 7) is 0. The van der Waals surface area contributed by atoms with E-state index in [2.05, 4.69) is 20.5 Å². The lowest BCUT2D eigenvalue weighted by Gasteiger charge is -2.22. The summed E-state index contributed by atoms with van der Waals surface area (Å²) >= 11 is 5.97. The molecule has 0 fully saturated rings. The summed E-state index contributed by atoms with van der Waals surface area (Å²) in [5, 5.41) is 37.7. The molecule has 2 aromatic carbocycles. The fourth-order valence-electron chi connectivity index (χ4n) is 6.61. The number of nitrogens with one attached hydrogen (secondary N) is 2. The third-order valence-corrected chi connectivity index (χ3v) is 8.95. The van der Waals surface area contributed by atoms with Crippen LogP contribution in [-0.2, 0) is 16.6 Å². The largest absolute Gasteiger partial charge is 0.507 e. The van der Waals surface area contributed by atoms with Gasteiger partial charge >= 0.3 is 0 Å². The third-order valence-electron chi connectivity index (χ3n) is 8.65. The van der Waals surface area contributed by atoms with Gasteiger partial charge < -0.3 is 25.0 Å². The first-order valence-electron chi connectivity index (χ1n) is 13.8. The number of fused-ring (bicyclic) bond motifs is 5. The normalized spacial score (nSPS) is 18.1. The fraction of sp³-hybridized carbons (Fsp3) is 0.125. The number of halogens is 1. The highest BCUT2D eigenvalue weighted by Crippen LogP contribution is 2.57. The Bertz CT molecular complexity index is 2340. The second-order valence-electron chi connectivity index (χ2n) is 11.0. The Kier molecular flexibility index (Phi) is 6.40. The molecule has 47 heavy (non-hydrogen) atoms. The number of aromatic nitrogens is 2. The molecule has 2 heterocycles. The second-order valence-corrected chi connectivity index (χ2v) is 11.4. The van der Waals surface area contributed by atoms with Crippen LogP contribution in [0.25, 0.3) is 10.8 Å². The van der Waals surface area contributed by atoms with Gasteiger partial charge in [-0.25, -0.2) is 5.43 Å². The molecule has 1 amide bonds. The number of hydrazone groups is 1. The zero-order valence-corrected chi connectivity index (χ0v) is 24.7. The smallest absolute Gasteiger partial charge is 0.272 e. The molecule has 3 aliphatic carbocycles. The molecule has 14 nitrogen and oxygen atoms in total. The van der Waals surface area contributed by atoms with Crippen LogP contribution in [0.15, 0.2) is 52.3 Å². The van der Waals surface area contributed by atoms with Crippen LogP contribution in [0.4, 0.5) is 0 Å². The van der Waals surface area contributed by atoms with Gasteiger partial charge in [0, 0.05) is 24.0 Å². The molecule has 0 unspecified atom stereocenters. The predicted molar refractivity (Wildman–Crippen MR) is 163 cm³/mol. The van der Waals surface area contributed by atoms with E-state index >= 15 is 0 Å². The van der Waals surface area contributed by atoms with Crippen molar-refractivity contribution in [3.8, 4) is 17.2 Å². The number of aromatic hydroxyl groups is 3. The van der Waals surface area contributed by atoms with Gasteiger partial charge in [-0.3, -0.25) is 33.8 Å². The number of aryl methyl sites for hydroxylation is 1. The monoisotopic (exact) mass is 654 g/mol. The van der Waals surface area contributed by atoms with E-state index in [0.29, 0.717) is 5.56 Å². The first kappa shape index (κ1) is 29.6. The molecule has 1 atom stereocenters. The lowest BCUT2D eigenvalue weighted by molar-refractivity contribution is 0.0790. The first-order valence-corrected chi connectivity index (χ1v) is 14.2. The molecule has 3 aliphatic rings. The number of methoxy groups -OCH3 is 1. The maximum absolute atomic E-state index is 14.1. The van der Waals surface area contributed by atoms with Crippen LogP contribution < -0.4 is 11.0 Å². The van der Waals surface area contributed by atoms with Gasteiger partial charge in [0.2, 0.25) is 5.78 Å². The van der Waals surface area contributed by atoms with E-state index in [-0.39, 0.29) is 45.5 Å². The number of hydrogen-bond acceptors (Lipinski definition) is 12. The average Bonchev–Trinajstić information content (AvgIpc) is 3.53. The highest BCUT2D eigenvalue weighted by Gasteiger charge is 2.61. The number of benzene rings is 2. The molecule has 1 spiro atoms. The number of rotatable bonds is 4. The maximum atomic E-state index is 14.1. The molecule has 4 aromatic rings. The van der Waals surface area contributed by atoms with Crippen molar-refractivity contribution in [2.45, 2.75) is 18.3 Å². The summed E-state index contributed by atoms with van der Waals surface area (Å²) < 4.78 is 4.91. The lowest BCUT2D eigenvalue weighted by atomic mass is 9.76. The number of hydrogen-bond donors (Lipinski definition) is 5. The number of allylic oxidation sites excluding steroid dienone is 2. The van der Waals surface area contributed by atoms with E-state index < -0.39 is 85.3 Å². The molecule has 0 radical (unpaired) electrons. The summed E-state index contributed by atoms with van der Waals surface area (Å²) in [5.41, 5.74) is -2.98. The zero-order chi connectivity index (χ0) is 33.5. The predicted octanol–water partition coefficient (Wildman–Crippen LogP) is 2.63. The van der Waals surface area contributed by atoms with Crippen LogP contribution in [0.5, 0.6) is 17.2 Å². The SMILES string of the molecule is COC1=CC(=O)c2c(O)c3c(c(O)c2C1=O)C(=O)[C@]1(CCc2cc4cc(C=NNC(=O)c5ccncc5Cl)[nH]c(=O)c4c(O)c21)C3=O. The zero-order valence-electron chi connectivity index (χ0n) is 23.9. The number of nitrogens with zero attached hydrogens (tertiary/aromatic N) is 2. The maximum Gasteiger partial charge on any atom is 0.272 e. The topological polar surface area (TPSA) is 225 Å². The molecular weight excluding hydrogens is 636 g/mol. The van der Waals surface area contributed by atoms with Gasteiger partial charge in [0.25, 0.3) is 11.5 Å². The van der Waals surface area contributed by atoms with Crippen molar-refractivity contribution in [3.05, 3.63) is 102 Å². The van der Waals surface area contributed by atoms with Crippen molar-refractivity contribution in [3.63, 3.8) is 0 Å². The van der Waals surface area contributed by atoms with Crippen molar-refractivity contribution >= 4 is 57.6 Å². The number of carbonyl (C=O) groups is 5. The number of ether oxygens (including phenoxy) is 1. The molecule has 5 N–H and O–H groups in total. The van der Waals surface area contributed by atoms with E-state index in [9.17, 15) is 44.1 Å². The highest BCUT2D eigenvalue weighted by atomic mass is 35.5. The molecule has 15 heteroatoms. The Morgan fingerprint density at radius 2 is 1.74 bits per heavy atom. The number of amides is 1. The van der Waals surface area contributed by atoms with Gasteiger partial charge in [-0.2, -0.15) is 5.10 Å². The number of phenols is 3. The molecular formula is C32H19ClN4O10. The summed E-state index contributed by atoms with van der Waals surface area (Å²) in [5.74, 6) is -7.61. The second kappa shape index (κ2) is 10.2. The molecule has 7 rings (SSSR count). The number of pyridine rings is 2. The van der Waals surface area contributed by atoms with Crippen molar-refractivity contribution in [2.24, 2.45) is 5.10 Å². The number of H-pyrrole nitrogens is 1. The molecule has 2 aromatic heterocycles. The Morgan fingerprint density at radius 3 is 2.43 bits per heavy atom. The van der Waals surface area contributed by atoms with Gasteiger partial charge in [-0.15, -0.1) is 0 Å². The van der Waals surface area contributed by atoms with Crippen LogP contribution in [0.3, 0.4) is 0 Å².